The van der Waals surface area contributed by atoms with E-state index in [1.54, 1.807) is 6.92 Å². The molecule has 0 N–H and O–H groups in total. The van der Waals surface area contributed by atoms with Crippen molar-refractivity contribution in [3.63, 3.8) is 0 Å². The second-order valence-electron chi connectivity index (χ2n) is 5.33. The Bertz CT molecular complexity index is 583. The van der Waals surface area contributed by atoms with Crippen molar-refractivity contribution < 1.29 is 13.9 Å². The van der Waals surface area contributed by atoms with Gasteiger partial charge in [0.15, 0.2) is 0 Å². The third-order valence-electron chi connectivity index (χ3n) is 3.62. The molecule has 0 heterocycles. The molecule has 0 bridgehead atoms. The van der Waals surface area contributed by atoms with Crippen molar-refractivity contribution in [3.8, 4) is 0 Å². The SMILES string of the molecule is CCOC(=O)C(F)(CCc1ccccc1)Cc1ccccc1. The van der Waals surface area contributed by atoms with Crippen molar-refractivity contribution in [2.75, 3.05) is 6.61 Å². The first-order chi connectivity index (χ1) is 10.6. The summed E-state index contributed by atoms with van der Waals surface area (Å²) in [5.41, 5.74) is -0.180. The number of hydrogen-bond acceptors (Lipinski definition) is 2. The number of alkyl halides is 1. The Hall–Kier alpha value is -2.16. The van der Waals surface area contributed by atoms with Crippen LogP contribution < -0.4 is 0 Å². The van der Waals surface area contributed by atoms with Gasteiger partial charge in [-0.1, -0.05) is 60.7 Å². The number of esters is 1. The van der Waals surface area contributed by atoms with Crippen molar-refractivity contribution in [3.05, 3.63) is 71.8 Å². The summed E-state index contributed by atoms with van der Waals surface area (Å²) in [5.74, 6) is -0.769. The average molecular weight is 300 g/mol. The van der Waals surface area contributed by atoms with E-state index in [2.05, 4.69) is 0 Å². The average Bonchev–Trinajstić information content (AvgIpc) is 2.55. The number of rotatable bonds is 7. The molecule has 0 spiro atoms. The molecule has 2 aromatic rings. The van der Waals surface area contributed by atoms with Crippen LogP contribution in [0.25, 0.3) is 0 Å². The first kappa shape index (κ1) is 16.2. The second kappa shape index (κ2) is 7.74. The molecule has 1 unspecified atom stereocenters. The highest BCUT2D eigenvalue weighted by atomic mass is 19.1. The van der Waals surface area contributed by atoms with Crippen LogP contribution >= 0.6 is 0 Å². The summed E-state index contributed by atoms with van der Waals surface area (Å²) in [4.78, 5) is 12.1. The molecule has 2 nitrogen and oxygen atoms in total. The molecule has 0 aliphatic heterocycles. The van der Waals surface area contributed by atoms with Gasteiger partial charge in [-0.15, -0.1) is 0 Å². The number of carbonyl (C=O) groups excluding carboxylic acids is 1. The Labute approximate surface area is 130 Å². The van der Waals surface area contributed by atoms with Gasteiger partial charge >= 0.3 is 5.97 Å². The predicted molar refractivity (Wildman–Crippen MR) is 85.4 cm³/mol. The number of hydrogen-bond donors (Lipinski definition) is 0. The molecule has 0 saturated heterocycles. The Morgan fingerprint density at radius 1 is 1.00 bits per heavy atom. The number of aryl methyl sites for hydroxylation is 1. The summed E-state index contributed by atoms with van der Waals surface area (Å²) in [6.45, 7) is 1.88. The molecular formula is C19H21FO2. The standard InChI is InChI=1S/C19H21FO2/c1-2-22-18(21)19(20,15-17-11-7-4-8-12-17)14-13-16-9-5-3-6-10-16/h3-12H,2,13-15H2,1H3. The zero-order chi connectivity index (χ0) is 15.8. The van der Waals surface area contributed by atoms with E-state index >= 15 is 4.39 Å². The van der Waals surface area contributed by atoms with Crippen LogP contribution in [0.5, 0.6) is 0 Å². The number of ether oxygens (including phenoxy) is 1. The minimum absolute atomic E-state index is 0.0412. The Morgan fingerprint density at radius 2 is 1.55 bits per heavy atom. The van der Waals surface area contributed by atoms with Gasteiger partial charge in [0.25, 0.3) is 0 Å². The first-order valence-electron chi connectivity index (χ1n) is 7.58. The van der Waals surface area contributed by atoms with Gasteiger partial charge < -0.3 is 4.74 Å². The summed E-state index contributed by atoms with van der Waals surface area (Å²) in [5, 5.41) is 0. The molecule has 22 heavy (non-hydrogen) atoms. The van der Waals surface area contributed by atoms with Crippen LogP contribution in [0.1, 0.15) is 24.5 Å². The smallest absolute Gasteiger partial charge is 0.344 e. The minimum Gasteiger partial charge on any atom is -0.464 e. The molecule has 2 rings (SSSR count). The molecule has 116 valence electrons. The van der Waals surface area contributed by atoms with Gasteiger partial charge in [-0.3, -0.25) is 0 Å². The first-order valence-corrected chi connectivity index (χ1v) is 7.58. The van der Waals surface area contributed by atoms with Gasteiger partial charge in [-0.2, -0.15) is 0 Å². The largest absolute Gasteiger partial charge is 0.464 e. The highest BCUT2D eigenvalue weighted by molar-refractivity contribution is 5.80. The van der Waals surface area contributed by atoms with Crippen LogP contribution in [0.15, 0.2) is 60.7 Å². The van der Waals surface area contributed by atoms with Crippen LogP contribution in [-0.2, 0) is 22.4 Å². The van der Waals surface area contributed by atoms with Gasteiger partial charge in [-0.05, 0) is 30.9 Å². The zero-order valence-electron chi connectivity index (χ0n) is 12.8. The minimum atomic E-state index is -1.99. The molecule has 0 radical (unpaired) electrons. The molecule has 2 aromatic carbocycles. The molecule has 3 heteroatoms. The lowest BCUT2D eigenvalue weighted by Gasteiger charge is -2.23. The van der Waals surface area contributed by atoms with E-state index < -0.39 is 11.6 Å². The lowest BCUT2D eigenvalue weighted by atomic mass is 9.90. The van der Waals surface area contributed by atoms with Crippen LogP contribution in [0, 0.1) is 0 Å². The quantitative estimate of drug-likeness (QED) is 0.719. The van der Waals surface area contributed by atoms with E-state index in [4.69, 9.17) is 4.74 Å². The summed E-state index contributed by atoms with van der Waals surface area (Å²) in [7, 11) is 0. The van der Waals surface area contributed by atoms with E-state index in [1.807, 2.05) is 60.7 Å². The fraction of sp³-hybridized carbons (Fsp3) is 0.316. The van der Waals surface area contributed by atoms with Gasteiger partial charge in [0, 0.05) is 6.42 Å². The highest BCUT2D eigenvalue weighted by Crippen LogP contribution is 2.26. The fourth-order valence-electron chi connectivity index (χ4n) is 2.43. The van der Waals surface area contributed by atoms with E-state index in [0.29, 0.717) is 6.42 Å². The van der Waals surface area contributed by atoms with Gasteiger partial charge in [0.05, 0.1) is 6.61 Å². The fourth-order valence-corrected chi connectivity index (χ4v) is 2.43. The van der Waals surface area contributed by atoms with E-state index in [-0.39, 0.29) is 19.4 Å². The van der Waals surface area contributed by atoms with Crippen LogP contribution in [-0.4, -0.2) is 18.2 Å². The van der Waals surface area contributed by atoms with Gasteiger partial charge in [0.1, 0.15) is 0 Å². The van der Waals surface area contributed by atoms with Crippen LogP contribution in [0.4, 0.5) is 4.39 Å². The Morgan fingerprint density at radius 3 is 2.09 bits per heavy atom. The number of benzene rings is 2. The maximum Gasteiger partial charge on any atom is 0.344 e. The maximum absolute atomic E-state index is 15.3. The van der Waals surface area contributed by atoms with E-state index in [1.165, 1.54) is 0 Å². The topological polar surface area (TPSA) is 26.3 Å². The molecule has 0 aliphatic carbocycles. The number of carbonyl (C=O) groups is 1. The third-order valence-corrected chi connectivity index (χ3v) is 3.62. The normalized spacial score (nSPS) is 13.4. The monoisotopic (exact) mass is 300 g/mol. The lowest BCUT2D eigenvalue weighted by molar-refractivity contribution is -0.157. The van der Waals surface area contributed by atoms with Gasteiger partial charge in [0.2, 0.25) is 5.67 Å². The van der Waals surface area contributed by atoms with E-state index in [9.17, 15) is 4.79 Å². The van der Waals surface area contributed by atoms with Crippen LogP contribution in [0.3, 0.4) is 0 Å². The predicted octanol–water partition coefficient (Wildman–Crippen LogP) is 4.13. The second-order valence-corrected chi connectivity index (χ2v) is 5.33. The van der Waals surface area contributed by atoms with Crippen molar-refractivity contribution in [2.45, 2.75) is 31.9 Å². The van der Waals surface area contributed by atoms with Crippen molar-refractivity contribution in [2.24, 2.45) is 0 Å². The molecule has 0 fully saturated rings. The molecule has 0 aliphatic rings. The summed E-state index contributed by atoms with van der Waals surface area (Å²) in [6, 6.07) is 18.8. The van der Waals surface area contributed by atoms with Crippen molar-refractivity contribution in [1.29, 1.82) is 0 Å². The summed E-state index contributed by atoms with van der Waals surface area (Å²) < 4.78 is 20.2. The summed E-state index contributed by atoms with van der Waals surface area (Å²) >= 11 is 0. The summed E-state index contributed by atoms with van der Waals surface area (Å²) in [6.07, 6.45) is 0.660. The van der Waals surface area contributed by atoms with Crippen molar-refractivity contribution in [1.82, 2.24) is 0 Å². The Kier molecular flexibility index (Phi) is 5.70. The maximum atomic E-state index is 15.3. The number of halogens is 1. The van der Waals surface area contributed by atoms with Gasteiger partial charge in [-0.25, -0.2) is 9.18 Å². The lowest BCUT2D eigenvalue weighted by Crippen LogP contribution is -2.38. The molecule has 0 amide bonds. The third kappa shape index (κ3) is 4.42. The van der Waals surface area contributed by atoms with Crippen LogP contribution in [0.2, 0.25) is 0 Å². The molecule has 1 atom stereocenters. The molecular weight excluding hydrogens is 279 g/mol. The zero-order valence-corrected chi connectivity index (χ0v) is 12.8. The highest BCUT2D eigenvalue weighted by Gasteiger charge is 2.39. The van der Waals surface area contributed by atoms with Crippen molar-refractivity contribution >= 4 is 5.97 Å². The Balaban J connectivity index is 2.12. The molecule has 0 aromatic heterocycles. The molecule has 0 saturated carbocycles. The van der Waals surface area contributed by atoms with E-state index in [0.717, 1.165) is 11.1 Å².